The van der Waals surface area contributed by atoms with Gasteiger partial charge >= 0.3 is 5.97 Å². The van der Waals surface area contributed by atoms with Crippen molar-refractivity contribution in [3.8, 4) is 0 Å². The van der Waals surface area contributed by atoms with Gasteiger partial charge in [-0.15, -0.1) is 0 Å². The standard InChI is InChI=1S/C11H8ClNO4/c1-5(11(16)17)13-9(14)7-3-2-6(12)4-8(7)10(13)15/h2-5H,1H3,(H,16,17)/t5-/m0/s1. The van der Waals surface area contributed by atoms with Crippen LogP contribution in [0.3, 0.4) is 0 Å². The van der Waals surface area contributed by atoms with Crippen LogP contribution in [0, 0.1) is 0 Å². The summed E-state index contributed by atoms with van der Waals surface area (Å²) in [4.78, 5) is 35.3. The second-order valence-electron chi connectivity index (χ2n) is 3.68. The van der Waals surface area contributed by atoms with E-state index in [1.807, 2.05) is 0 Å². The molecule has 0 saturated heterocycles. The van der Waals surface area contributed by atoms with Crippen LogP contribution in [0.15, 0.2) is 18.2 Å². The first-order valence-corrected chi connectivity index (χ1v) is 5.21. The van der Waals surface area contributed by atoms with Crippen LogP contribution in [0.2, 0.25) is 5.02 Å². The third kappa shape index (κ3) is 1.68. The van der Waals surface area contributed by atoms with Gasteiger partial charge in [0.05, 0.1) is 11.1 Å². The number of carbonyl (C=O) groups excluding carboxylic acids is 2. The summed E-state index contributed by atoms with van der Waals surface area (Å²) in [5.41, 5.74) is 0.336. The van der Waals surface area contributed by atoms with Crippen molar-refractivity contribution in [1.29, 1.82) is 0 Å². The molecule has 1 aliphatic rings. The molecule has 0 aliphatic carbocycles. The fraction of sp³-hybridized carbons (Fsp3) is 0.182. The van der Waals surface area contributed by atoms with Crippen LogP contribution in [0.5, 0.6) is 0 Å². The summed E-state index contributed by atoms with van der Waals surface area (Å²) in [7, 11) is 0. The predicted molar refractivity (Wildman–Crippen MR) is 59.0 cm³/mol. The molecule has 88 valence electrons. The Hall–Kier alpha value is -1.88. The lowest BCUT2D eigenvalue weighted by Crippen LogP contribution is -2.42. The molecule has 1 aromatic carbocycles. The number of imide groups is 1. The van der Waals surface area contributed by atoms with Crippen molar-refractivity contribution in [1.82, 2.24) is 4.90 Å². The molecule has 1 aliphatic heterocycles. The maximum atomic E-state index is 11.9. The predicted octanol–water partition coefficient (Wildman–Crippen LogP) is 1.41. The van der Waals surface area contributed by atoms with Gasteiger partial charge in [0.1, 0.15) is 6.04 Å². The van der Waals surface area contributed by atoms with Gasteiger partial charge in [-0.3, -0.25) is 14.5 Å². The van der Waals surface area contributed by atoms with Crippen molar-refractivity contribution in [3.63, 3.8) is 0 Å². The van der Waals surface area contributed by atoms with E-state index in [9.17, 15) is 14.4 Å². The number of hydrogen-bond acceptors (Lipinski definition) is 3. The van der Waals surface area contributed by atoms with E-state index < -0.39 is 23.8 Å². The maximum absolute atomic E-state index is 11.9. The Morgan fingerprint density at radius 2 is 1.88 bits per heavy atom. The number of hydrogen-bond donors (Lipinski definition) is 1. The smallest absolute Gasteiger partial charge is 0.326 e. The van der Waals surface area contributed by atoms with Crippen molar-refractivity contribution in [3.05, 3.63) is 34.3 Å². The van der Waals surface area contributed by atoms with E-state index in [1.165, 1.54) is 25.1 Å². The van der Waals surface area contributed by atoms with E-state index in [-0.39, 0.29) is 11.1 Å². The summed E-state index contributed by atoms with van der Waals surface area (Å²) in [5, 5.41) is 9.17. The second-order valence-corrected chi connectivity index (χ2v) is 4.12. The number of nitrogens with zero attached hydrogens (tertiary/aromatic N) is 1. The molecule has 1 N–H and O–H groups in total. The average Bonchev–Trinajstić information content (AvgIpc) is 2.50. The molecule has 0 unspecified atom stereocenters. The van der Waals surface area contributed by atoms with E-state index in [1.54, 1.807) is 0 Å². The first kappa shape index (κ1) is 11.6. The number of rotatable bonds is 2. The number of halogens is 1. The molecule has 1 heterocycles. The summed E-state index contributed by atoms with van der Waals surface area (Å²) in [6.45, 7) is 1.28. The van der Waals surface area contributed by atoms with E-state index in [4.69, 9.17) is 16.7 Å². The number of carboxylic acid groups (broad SMARTS) is 1. The Bertz CT molecular complexity index is 540. The van der Waals surface area contributed by atoms with Gasteiger partial charge in [0, 0.05) is 5.02 Å². The highest BCUT2D eigenvalue weighted by atomic mass is 35.5. The zero-order valence-electron chi connectivity index (χ0n) is 8.81. The third-order valence-electron chi connectivity index (χ3n) is 2.62. The largest absolute Gasteiger partial charge is 0.480 e. The molecule has 5 nitrogen and oxygen atoms in total. The molecule has 0 spiro atoms. The monoisotopic (exact) mass is 253 g/mol. The van der Waals surface area contributed by atoms with Crippen LogP contribution < -0.4 is 0 Å². The molecule has 17 heavy (non-hydrogen) atoms. The van der Waals surface area contributed by atoms with E-state index >= 15 is 0 Å². The third-order valence-corrected chi connectivity index (χ3v) is 2.86. The van der Waals surface area contributed by atoms with Gasteiger partial charge in [-0.2, -0.15) is 0 Å². The summed E-state index contributed by atoms with van der Waals surface area (Å²) < 4.78 is 0. The summed E-state index contributed by atoms with van der Waals surface area (Å²) in [6, 6.07) is 3.08. The van der Waals surface area contributed by atoms with Gasteiger partial charge in [-0.05, 0) is 25.1 Å². The van der Waals surface area contributed by atoms with Crippen molar-refractivity contribution in [2.24, 2.45) is 0 Å². The summed E-state index contributed by atoms with van der Waals surface area (Å²) in [6.07, 6.45) is 0. The average molecular weight is 254 g/mol. The van der Waals surface area contributed by atoms with Gasteiger partial charge < -0.3 is 5.11 Å². The number of benzene rings is 1. The molecular formula is C11H8ClNO4. The normalized spacial score (nSPS) is 16.0. The Balaban J connectivity index is 2.49. The number of carbonyl (C=O) groups is 3. The maximum Gasteiger partial charge on any atom is 0.326 e. The molecular weight excluding hydrogens is 246 g/mol. The van der Waals surface area contributed by atoms with Crippen LogP contribution in [0.1, 0.15) is 27.6 Å². The molecule has 0 radical (unpaired) electrons. The second kappa shape index (κ2) is 3.85. The lowest BCUT2D eigenvalue weighted by Gasteiger charge is -2.17. The van der Waals surface area contributed by atoms with E-state index in [2.05, 4.69) is 0 Å². The number of carboxylic acids is 1. The fourth-order valence-electron chi connectivity index (χ4n) is 1.69. The van der Waals surface area contributed by atoms with Crippen molar-refractivity contribution in [2.45, 2.75) is 13.0 Å². The molecule has 1 atom stereocenters. The molecule has 0 bridgehead atoms. The first-order valence-electron chi connectivity index (χ1n) is 4.83. The van der Waals surface area contributed by atoms with Crippen molar-refractivity contribution >= 4 is 29.4 Å². The molecule has 6 heteroatoms. The molecule has 2 amide bonds. The highest BCUT2D eigenvalue weighted by Crippen LogP contribution is 2.27. The molecule has 0 saturated carbocycles. The van der Waals surface area contributed by atoms with Crippen molar-refractivity contribution < 1.29 is 19.5 Å². The minimum atomic E-state index is -1.23. The summed E-state index contributed by atoms with van der Waals surface area (Å²) in [5.74, 6) is -2.45. The minimum absolute atomic E-state index is 0.149. The van der Waals surface area contributed by atoms with Crippen molar-refractivity contribution in [2.75, 3.05) is 0 Å². The first-order chi connectivity index (χ1) is 7.93. The fourth-order valence-corrected chi connectivity index (χ4v) is 1.87. The molecule has 1 aromatic rings. The Morgan fingerprint density at radius 1 is 1.29 bits per heavy atom. The lowest BCUT2D eigenvalue weighted by atomic mass is 10.1. The zero-order chi connectivity index (χ0) is 12.7. The topological polar surface area (TPSA) is 74.7 Å². The summed E-state index contributed by atoms with van der Waals surface area (Å²) >= 11 is 5.73. The van der Waals surface area contributed by atoms with Crippen LogP contribution >= 0.6 is 11.6 Å². The Kier molecular flexibility index (Phi) is 2.63. The quantitative estimate of drug-likeness (QED) is 0.809. The highest BCUT2D eigenvalue weighted by Gasteiger charge is 2.40. The van der Waals surface area contributed by atoms with Gasteiger partial charge in [0.2, 0.25) is 0 Å². The molecule has 2 rings (SSSR count). The van der Waals surface area contributed by atoms with Gasteiger partial charge in [-0.25, -0.2) is 4.79 Å². The van der Waals surface area contributed by atoms with Crippen LogP contribution in [-0.2, 0) is 4.79 Å². The number of aliphatic carboxylic acids is 1. The molecule has 0 aromatic heterocycles. The van der Waals surface area contributed by atoms with Gasteiger partial charge in [0.25, 0.3) is 11.8 Å². The number of fused-ring (bicyclic) bond motifs is 1. The van der Waals surface area contributed by atoms with Crippen LogP contribution in [0.25, 0.3) is 0 Å². The minimum Gasteiger partial charge on any atom is -0.480 e. The van der Waals surface area contributed by atoms with Gasteiger partial charge in [0.15, 0.2) is 0 Å². The highest BCUT2D eigenvalue weighted by molar-refractivity contribution is 6.32. The Labute approximate surface area is 102 Å². The van der Waals surface area contributed by atoms with E-state index in [0.717, 1.165) is 4.90 Å². The number of amides is 2. The van der Waals surface area contributed by atoms with E-state index in [0.29, 0.717) is 5.02 Å². The van der Waals surface area contributed by atoms with Crippen LogP contribution in [0.4, 0.5) is 0 Å². The molecule has 0 fully saturated rings. The SMILES string of the molecule is C[C@@H](C(=O)O)N1C(=O)c2ccc(Cl)cc2C1=O. The lowest BCUT2D eigenvalue weighted by molar-refractivity contribution is -0.140. The zero-order valence-corrected chi connectivity index (χ0v) is 9.56. The van der Waals surface area contributed by atoms with Gasteiger partial charge in [-0.1, -0.05) is 11.6 Å². The van der Waals surface area contributed by atoms with Crippen LogP contribution in [-0.4, -0.2) is 33.8 Å². The Morgan fingerprint density at radius 3 is 2.47 bits per heavy atom.